The molecule has 0 unspecified atom stereocenters. The number of nitrogens with zero attached hydrogens (tertiary/aromatic N) is 1. The fourth-order valence-electron chi connectivity index (χ4n) is 5.95. The van der Waals surface area contributed by atoms with Gasteiger partial charge in [0.1, 0.15) is 0 Å². The fourth-order valence-corrected chi connectivity index (χ4v) is 12.8. The second kappa shape index (κ2) is 9.47. The predicted molar refractivity (Wildman–Crippen MR) is 140 cm³/mol. The predicted octanol–water partition coefficient (Wildman–Crippen LogP) is 0.773. The fraction of sp³-hybridized carbons (Fsp3) is 0.103. The summed E-state index contributed by atoms with van der Waals surface area (Å²) in [6.45, 7) is 0. The van der Waals surface area contributed by atoms with E-state index >= 15 is 0 Å². The van der Waals surface area contributed by atoms with E-state index < -0.39 is 19.7 Å². The Labute approximate surface area is 237 Å². The number of hydrogen-bond acceptors (Lipinski definition) is 1. The minimum atomic E-state index is -2.55. The van der Waals surface area contributed by atoms with Crippen LogP contribution in [0.5, 0.6) is 0 Å². The summed E-state index contributed by atoms with van der Waals surface area (Å²) < 4.78 is 6.47. The summed E-state index contributed by atoms with van der Waals surface area (Å²) in [6.07, 6.45) is 2.02. The molecular weight excluding hydrogens is 636 g/mol. The Kier molecular flexibility index (Phi) is 6.83. The Morgan fingerprint density at radius 3 is 2.37 bits per heavy atom. The van der Waals surface area contributed by atoms with Gasteiger partial charge in [-0.15, -0.1) is 0 Å². The summed E-state index contributed by atoms with van der Waals surface area (Å²) in [7, 11) is 8.74. The zero-order valence-corrected chi connectivity index (χ0v) is 25.3. The molecule has 4 aromatic carbocycles. The Morgan fingerprint density at radius 2 is 1.51 bits per heavy atom. The van der Waals surface area contributed by atoms with Crippen LogP contribution in [0.4, 0.5) is 0 Å². The Bertz CT molecular complexity index is 1670. The summed E-state index contributed by atoms with van der Waals surface area (Å²) in [5, 5.41) is 1.38. The summed E-state index contributed by atoms with van der Waals surface area (Å²) in [6, 6.07) is 29.3. The van der Waals surface area contributed by atoms with Gasteiger partial charge >= 0.3 is 214 Å². The molecule has 0 radical (unpaired) electrons. The molecule has 0 fully saturated rings. The molecule has 7 rings (SSSR count). The van der Waals surface area contributed by atoms with Gasteiger partial charge in [-0.25, -0.2) is 0 Å². The quantitative estimate of drug-likeness (QED) is 0.267. The number of para-hydroxylation sites is 1. The van der Waals surface area contributed by atoms with Crippen LogP contribution in [0.1, 0.15) is 22.3 Å². The maximum Gasteiger partial charge on any atom is -1.00 e. The summed E-state index contributed by atoms with van der Waals surface area (Å²) in [4.78, 5) is 0. The monoisotopic (exact) mass is 653 g/mol. The molecule has 0 aliphatic heterocycles. The molecule has 6 heteroatoms. The summed E-state index contributed by atoms with van der Waals surface area (Å²) in [5.41, 5.74) is 12.7. The first-order valence-electron chi connectivity index (χ1n) is 11.3. The normalized spacial score (nSPS) is 12.0. The van der Waals surface area contributed by atoms with Crippen molar-refractivity contribution in [2.24, 2.45) is 7.05 Å². The van der Waals surface area contributed by atoms with Crippen LogP contribution in [0.15, 0.2) is 83.3 Å². The Balaban J connectivity index is 0.00000127. The van der Waals surface area contributed by atoms with Crippen LogP contribution in [-0.2, 0) is 39.6 Å². The molecule has 5 aromatic rings. The van der Waals surface area contributed by atoms with Crippen molar-refractivity contribution in [1.82, 2.24) is 4.57 Å². The van der Waals surface area contributed by atoms with Crippen LogP contribution in [0.2, 0.25) is 0 Å². The molecule has 172 valence electrons. The average Bonchev–Trinajstić information content (AvgIpc) is 3.48. The van der Waals surface area contributed by atoms with Gasteiger partial charge in [0.2, 0.25) is 0 Å². The third-order valence-electron chi connectivity index (χ3n) is 7.32. The van der Waals surface area contributed by atoms with E-state index in [0.717, 1.165) is 17.3 Å². The van der Waals surface area contributed by atoms with E-state index in [0.29, 0.717) is 0 Å². The number of fused-ring (bicyclic) bond motifs is 8. The molecule has 0 saturated carbocycles. The van der Waals surface area contributed by atoms with Crippen molar-refractivity contribution >= 4 is 42.2 Å². The first-order chi connectivity index (χ1) is 16.1. The molecular formula is C29H20BrCl2NSZr. The molecule has 1 nitrogen and oxygen atoms in total. The molecule has 2 aliphatic rings. The Hall–Kier alpha value is -1.42. The minimum Gasteiger partial charge on any atom is -1.00 e. The summed E-state index contributed by atoms with van der Waals surface area (Å²) in [5.74, 6) is 0. The number of halogens is 3. The van der Waals surface area contributed by atoms with Gasteiger partial charge in [-0.2, -0.15) is 0 Å². The van der Waals surface area contributed by atoms with Gasteiger partial charge < -0.3 is 24.8 Å². The van der Waals surface area contributed by atoms with Crippen LogP contribution >= 0.6 is 24.8 Å². The number of aromatic nitrogens is 1. The third-order valence-corrected chi connectivity index (χ3v) is 14.8. The van der Waals surface area contributed by atoms with Gasteiger partial charge in [0.25, 0.3) is 0 Å². The molecule has 1 heterocycles. The first kappa shape index (κ1) is 25.2. The van der Waals surface area contributed by atoms with Crippen molar-refractivity contribution in [3.8, 4) is 22.4 Å². The average molecular weight is 657 g/mol. The molecule has 0 amide bonds. The molecule has 0 spiro atoms. The van der Waals surface area contributed by atoms with Gasteiger partial charge in [-0.3, -0.25) is 0 Å². The van der Waals surface area contributed by atoms with E-state index in [1.165, 1.54) is 62.1 Å². The van der Waals surface area contributed by atoms with Gasteiger partial charge in [0.05, 0.1) is 0 Å². The van der Waals surface area contributed by atoms with Crippen LogP contribution in [0.3, 0.4) is 0 Å². The maximum absolute atomic E-state index is 6.51. The van der Waals surface area contributed by atoms with E-state index in [9.17, 15) is 0 Å². The van der Waals surface area contributed by atoms with E-state index in [-0.39, 0.29) is 24.8 Å². The molecule has 0 N–H and O–H groups in total. The van der Waals surface area contributed by atoms with Crippen molar-refractivity contribution < 1.29 is 44.5 Å². The summed E-state index contributed by atoms with van der Waals surface area (Å²) >= 11 is 1.09. The largest absolute Gasteiger partial charge is 1.00 e. The molecule has 0 bridgehead atoms. The van der Waals surface area contributed by atoms with Crippen molar-refractivity contribution in [3.05, 3.63) is 106 Å². The van der Waals surface area contributed by atoms with Crippen molar-refractivity contribution in [1.29, 1.82) is 0 Å². The second-order valence-corrected chi connectivity index (χ2v) is 16.7. The van der Waals surface area contributed by atoms with Gasteiger partial charge in [0, 0.05) is 0 Å². The van der Waals surface area contributed by atoms with Crippen LogP contribution in [0.25, 0.3) is 33.3 Å². The number of aryl methyl sites for hydroxylation is 1. The van der Waals surface area contributed by atoms with Gasteiger partial charge in [-0.05, 0) is 0 Å². The van der Waals surface area contributed by atoms with Crippen LogP contribution < -0.4 is 31.4 Å². The van der Waals surface area contributed by atoms with E-state index in [1.807, 2.05) is 0 Å². The smallest absolute Gasteiger partial charge is 1.00 e. The number of hydrogen-bond donors (Lipinski definition) is 0. The molecule has 0 atom stereocenters. The standard InChI is InChI=1S/C16H11BrN.C13H9.2ClH.S.Zr/c1-18-15-5-3-2-4-13(15)14-9-10-8-11(17)6-7-12(10)16(14)18;1-3-7-12-10(5-1)9-11-6-2-4-8-13(11)12;;;;/h2-4,6-8H,9H2,1H3;1-7H,9H2;2*1H;;/q;;;;;+2/p-2. The Morgan fingerprint density at radius 1 is 0.771 bits per heavy atom. The molecule has 1 aromatic heterocycles. The molecule has 0 saturated heterocycles. The molecule has 35 heavy (non-hydrogen) atoms. The zero-order chi connectivity index (χ0) is 22.3. The van der Waals surface area contributed by atoms with Crippen molar-refractivity contribution in [3.63, 3.8) is 0 Å². The topological polar surface area (TPSA) is 4.93 Å². The van der Waals surface area contributed by atoms with E-state index in [4.69, 9.17) is 8.86 Å². The minimum absolute atomic E-state index is 0. The second-order valence-electron chi connectivity index (χ2n) is 9.07. The van der Waals surface area contributed by atoms with Crippen LogP contribution in [0, 0.1) is 0 Å². The third kappa shape index (κ3) is 3.71. The van der Waals surface area contributed by atoms with E-state index in [1.54, 1.807) is 0 Å². The SMILES string of the molecule is Cn1c2c(c3ccc[c]([Zr+2](=[S])[c]4cccc5c4-c4ccccc4C5)c31)Cc1cc(Br)ccc1-2.[Cl-].[Cl-]. The first-order valence-corrected chi connectivity index (χ1v) is 17.9. The van der Waals surface area contributed by atoms with Crippen molar-refractivity contribution in [2.45, 2.75) is 12.8 Å². The number of benzene rings is 4. The maximum atomic E-state index is 6.51. The van der Waals surface area contributed by atoms with E-state index in [2.05, 4.69) is 106 Å². The zero-order valence-electron chi connectivity index (χ0n) is 18.9. The number of rotatable bonds is 2. The molecule has 2 aliphatic carbocycles. The van der Waals surface area contributed by atoms with Crippen molar-refractivity contribution in [2.75, 3.05) is 0 Å². The van der Waals surface area contributed by atoms with Crippen LogP contribution in [-0.4, -0.2) is 4.57 Å². The van der Waals surface area contributed by atoms with Gasteiger partial charge in [0.15, 0.2) is 0 Å². The van der Waals surface area contributed by atoms with Gasteiger partial charge in [-0.1, -0.05) is 0 Å².